The van der Waals surface area contributed by atoms with Crippen molar-refractivity contribution in [2.45, 2.75) is 13.3 Å². The predicted octanol–water partition coefficient (Wildman–Crippen LogP) is 0.664. The van der Waals surface area contributed by atoms with Crippen molar-refractivity contribution >= 4 is 11.7 Å². The Labute approximate surface area is 133 Å². The summed E-state index contributed by atoms with van der Waals surface area (Å²) >= 11 is 0. The fourth-order valence-electron chi connectivity index (χ4n) is 2.10. The Balaban J connectivity index is 2.11. The van der Waals surface area contributed by atoms with Crippen molar-refractivity contribution in [3.8, 4) is 5.75 Å². The average Bonchev–Trinajstić information content (AvgIpc) is 2.52. The van der Waals surface area contributed by atoms with Crippen molar-refractivity contribution in [2.75, 3.05) is 11.9 Å². The van der Waals surface area contributed by atoms with Crippen molar-refractivity contribution in [3.63, 3.8) is 0 Å². The van der Waals surface area contributed by atoms with Gasteiger partial charge in [-0.1, -0.05) is 12.1 Å². The van der Waals surface area contributed by atoms with Crippen LogP contribution in [0.1, 0.15) is 12.5 Å². The van der Waals surface area contributed by atoms with E-state index in [9.17, 15) is 14.4 Å². The van der Waals surface area contributed by atoms with E-state index in [2.05, 4.69) is 5.32 Å². The van der Waals surface area contributed by atoms with Crippen LogP contribution in [0.5, 0.6) is 5.75 Å². The Morgan fingerprint density at radius 2 is 1.78 bits per heavy atom. The van der Waals surface area contributed by atoms with Crippen LogP contribution < -0.4 is 21.3 Å². The SMILES string of the molecule is CCOc1ccc(CC(=O)Nc2cc(=O)n(C)c(=O)n2C)cc1. The van der Waals surface area contributed by atoms with Gasteiger partial charge in [-0.25, -0.2) is 4.79 Å². The minimum atomic E-state index is -0.492. The molecule has 0 aliphatic carbocycles. The molecular weight excluding hydrogens is 298 g/mol. The van der Waals surface area contributed by atoms with Gasteiger partial charge >= 0.3 is 5.69 Å². The molecule has 0 saturated carbocycles. The molecule has 2 rings (SSSR count). The van der Waals surface area contributed by atoms with Crippen molar-refractivity contribution in [1.29, 1.82) is 0 Å². The third-order valence-corrected chi connectivity index (χ3v) is 3.39. The second kappa shape index (κ2) is 6.95. The van der Waals surface area contributed by atoms with Crippen LogP contribution in [0.15, 0.2) is 39.9 Å². The lowest BCUT2D eigenvalue weighted by Gasteiger charge is -2.11. The molecule has 1 N–H and O–H groups in total. The second-order valence-corrected chi connectivity index (χ2v) is 5.07. The number of anilines is 1. The first-order valence-electron chi connectivity index (χ1n) is 7.21. The van der Waals surface area contributed by atoms with E-state index in [0.29, 0.717) is 6.61 Å². The van der Waals surface area contributed by atoms with E-state index >= 15 is 0 Å². The Bertz CT molecular complexity index is 819. The quantitative estimate of drug-likeness (QED) is 0.878. The molecule has 1 heterocycles. The minimum absolute atomic E-state index is 0.135. The smallest absolute Gasteiger partial charge is 0.332 e. The normalized spacial score (nSPS) is 10.4. The van der Waals surface area contributed by atoms with E-state index in [1.807, 2.05) is 6.92 Å². The van der Waals surface area contributed by atoms with Gasteiger partial charge in [-0.3, -0.25) is 18.7 Å². The van der Waals surface area contributed by atoms with Crippen LogP contribution in [0.3, 0.4) is 0 Å². The molecule has 1 amide bonds. The summed E-state index contributed by atoms with van der Waals surface area (Å²) in [5, 5.41) is 2.59. The van der Waals surface area contributed by atoms with Crippen molar-refractivity contribution in [2.24, 2.45) is 14.1 Å². The van der Waals surface area contributed by atoms with Crippen molar-refractivity contribution < 1.29 is 9.53 Å². The van der Waals surface area contributed by atoms with E-state index in [1.165, 1.54) is 24.7 Å². The van der Waals surface area contributed by atoms with Crippen LogP contribution in [0.4, 0.5) is 5.82 Å². The summed E-state index contributed by atoms with van der Waals surface area (Å²) in [6.45, 7) is 2.48. The summed E-state index contributed by atoms with van der Waals surface area (Å²) in [4.78, 5) is 35.5. The van der Waals surface area contributed by atoms with Gasteiger partial charge in [-0.2, -0.15) is 0 Å². The summed E-state index contributed by atoms with van der Waals surface area (Å²) in [6, 6.07) is 8.40. The average molecular weight is 317 g/mol. The number of amides is 1. The standard InChI is InChI=1S/C16H19N3O4/c1-4-23-12-7-5-11(6-8-12)9-14(20)17-13-10-15(21)19(3)16(22)18(13)2/h5-8,10H,4,9H2,1-3H3,(H,17,20). The lowest BCUT2D eigenvalue weighted by molar-refractivity contribution is -0.115. The van der Waals surface area contributed by atoms with Gasteiger partial charge in [0.05, 0.1) is 13.0 Å². The molecule has 122 valence electrons. The Hall–Kier alpha value is -2.83. The zero-order valence-electron chi connectivity index (χ0n) is 13.3. The van der Waals surface area contributed by atoms with E-state index in [-0.39, 0.29) is 18.1 Å². The van der Waals surface area contributed by atoms with Gasteiger partial charge in [0.15, 0.2) is 0 Å². The summed E-state index contributed by atoms with van der Waals surface area (Å²) in [5.41, 5.74) is -0.155. The first-order valence-corrected chi connectivity index (χ1v) is 7.21. The molecule has 23 heavy (non-hydrogen) atoms. The Kier molecular flexibility index (Phi) is 5.00. The van der Waals surface area contributed by atoms with E-state index in [4.69, 9.17) is 4.74 Å². The van der Waals surface area contributed by atoms with Gasteiger partial charge in [0, 0.05) is 20.2 Å². The molecule has 0 atom stereocenters. The predicted molar refractivity (Wildman–Crippen MR) is 86.9 cm³/mol. The van der Waals surface area contributed by atoms with Crippen LogP contribution in [-0.2, 0) is 25.3 Å². The molecule has 0 aliphatic heterocycles. The molecular formula is C16H19N3O4. The van der Waals surface area contributed by atoms with Gasteiger partial charge in [-0.15, -0.1) is 0 Å². The van der Waals surface area contributed by atoms with Crippen LogP contribution >= 0.6 is 0 Å². The van der Waals surface area contributed by atoms with Crippen LogP contribution in [-0.4, -0.2) is 21.6 Å². The summed E-state index contributed by atoms with van der Waals surface area (Å²) in [6.07, 6.45) is 0.135. The molecule has 0 unspecified atom stereocenters. The number of aromatic nitrogens is 2. The first kappa shape index (κ1) is 16.5. The molecule has 0 bridgehead atoms. The third-order valence-electron chi connectivity index (χ3n) is 3.39. The Morgan fingerprint density at radius 1 is 1.13 bits per heavy atom. The monoisotopic (exact) mass is 317 g/mol. The van der Waals surface area contributed by atoms with Crippen LogP contribution in [0.2, 0.25) is 0 Å². The highest BCUT2D eigenvalue weighted by molar-refractivity contribution is 5.91. The molecule has 7 nitrogen and oxygen atoms in total. The van der Waals surface area contributed by atoms with E-state index in [0.717, 1.165) is 15.9 Å². The summed E-state index contributed by atoms with van der Waals surface area (Å²) in [7, 11) is 2.88. The zero-order chi connectivity index (χ0) is 17.0. The molecule has 0 fully saturated rings. The molecule has 1 aromatic heterocycles. The lowest BCUT2D eigenvalue weighted by atomic mass is 10.1. The lowest BCUT2D eigenvalue weighted by Crippen LogP contribution is -2.38. The van der Waals surface area contributed by atoms with Gasteiger partial charge < -0.3 is 10.1 Å². The molecule has 7 heteroatoms. The highest BCUT2D eigenvalue weighted by Crippen LogP contribution is 2.13. The molecule has 1 aromatic carbocycles. The fraction of sp³-hybridized carbons (Fsp3) is 0.312. The third kappa shape index (κ3) is 3.88. The molecule has 0 aliphatic rings. The van der Waals surface area contributed by atoms with Crippen molar-refractivity contribution in [3.05, 3.63) is 56.7 Å². The van der Waals surface area contributed by atoms with Crippen LogP contribution in [0.25, 0.3) is 0 Å². The summed E-state index contributed by atoms with van der Waals surface area (Å²) in [5.74, 6) is 0.608. The molecule has 0 radical (unpaired) electrons. The second-order valence-electron chi connectivity index (χ2n) is 5.07. The maximum Gasteiger partial charge on any atom is 0.332 e. The number of carbonyl (C=O) groups is 1. The first-order chi connectivity index (χ1) is 10.9. The number of rotatable bonds is 5. The minimum Gasteiger partial charge on any atom is -0.494 e. The molecule has 0 spiro atoms. The Morgan fingerprint density at radius 3 is 2.39 bits per heavy atom. The largest absolute Gasteiger partial charge is 0.494 e. The number of nitrogens with one attached hydrogen (secondary N) is 1. The zero-order valence-corrected chi connectivity index (χ0v) is 13.3. The number of ether oxygens (including phenoxy) is 1. The fourth-order valence-corrected chi connectivity index (χ4v) is 2.10. The topological polar surface area (TPSA) is 82.3 Å². The van der Waals surface area contributed by atoms with Gasteiger partial charge in [-0.05, 0) is 24.6 Å². The van der Waals surface area contributed by atoms with Crippen LogP contribution in [0, 0.1) is 0 Å². The van der Waals surface area contributed by atoms with E-state index < -0.39 is 11.2 Å². The maximum atomic E-state index is 12.1. The van der Waals surface area contributed by atoms with Crippen molar-refractivity contribution in [1.82, 2.24) is 9.13 Å². The maximum absolute atomic E-state index is 12.1. The highest BCUT2D eigenvalue weighted by Gasteiger charge is 2.10. The van der Waals surface area contributed by atoms with Gasteiger partial charge in [0.2, 0.25) is 5.91 Å². The summed E-state index contributed by atoms with van der Waals surface area (Å²) < 4.78 is 7.53. The van der Waals surface area contributed by atoms with Gasteiger partial charge in [0.25, 0.3) is 5.56 Å². The van der Waals surface area contributed by atoms with E-state index in [1.54, 1.807) is 24.3 Å². The number of hydrogen-bond acceptors (Lipinski definition) is 4. The molecule has 0 saturated heterocycles. The number of benzene rings is 1. The number of nitrogens with zero attached hydrogens (tertiary/aromatic N) is 2. The number of carbonyl (C=O) groups excluding carboxylic acids is 1. The highest BCUT2D eigenvalue weighted by atomic mass is 16.5. The molecule has 2 aromatic rings. The van der Waals surface area contributed by atoms with Gasteiger partial charge in [0.1, 0.15) is 11.6 Å². The number of hydrogen-bond donors (Lipinski definition) is 1.